The SMILES string of the molecule is c1c[nH]c(OCCCN2CCC2)c1. The Morgan fingerprint density at radius 2 is 2.38 bits per heavy atom. The summed E-state index contributed by atoms with van der Waals surface area (Å²) in [6.45, 7) is 4.56. The molecule has 0 spiro atoms. The van der Waals surface area contributed by atoms with Gasteiger partial charge in [-0.15, -0.1) is 0 Å². The van der Waals surface area contributed by atoms with Crippen molar-refractivity contribution in [3.05, 3.63) is 18.3 Å². The minimum absolute atomic E-state index is 0.816. The van der Waals surface area contributed by atoms with Crippen LogP contribution < -0.4 is 4.74 Å². The van der Waals surface area contributed by atoms with Crippen molar-refractivity contribution in [3.63, 3.8) is 0 Å². The van der Waals surface area contributed by atoms with E-state index in [1.165, 1.54) is 26.1 Å². The molecule has 0 aliphatic carbocycles. The van der Waals surface area contributed by atoms with Crippen LogP contribution in [-0.2, 0) is 0 Å². The van der Waals surface area contributed by atoms with Crippen molar-refractivity contribution in [2.24, 2.45) is 0 Å². The van der Waals surface area contributed by atoms with Crippen molar-refractivity contribution >= 4 is 0 Å². The zero-order valence-corrected chi connectivity index (χ0v) is 7.83. The van der Waals surface area contributed by atoms with E-state index in [1.807, 2.05) is 18.3 Å². The monoisotopic (exact) mass is 180 g/mol. The summed E-state index contributed by atoms with van der Waals surface area (Å²) in [5, 5.41) is 0. The van der Waals surface area contributed by atoms with Crippen LogP contribution >= 0.6 is 0 Å². The Bertz CT molecular complexity index is 229. The standard InChI is InChI=1S/C10H16N2O/c1-4-10(11-5-1)13-9-3-8-12-6-2-7-12/h1,4-5,11H,2-3,6-9H2. The maximum atomic E-state index is 5.48. The number of rotatable bonds is 5. The van der Waals surface area contributed by atoms with Gasteiger partial charge in [0.15, 0.2) is 5.88 Å². The average Bonchev–Trinajstić information content (AvgIpc) is 2.53. The first-order valence-corrected chi connectivity index (χ1v) is 4.94. The molecule has 2 heterocycles. The number of H-pyrrole nitrogens is 1. The summed E-state index contributed by atoms with van der Waals surface area (Å²) in [7, 11) is 0. The van der Waals surface area contributed by atoms with E-state index in [4.69, 9.17) is 4.74 Å². The normalized spacial score (nSPS) is 16.9. The molecule has 1 saturated heterocycles. The molecule has 0 atom stereocenters. The average molecular weight is 180 g/mol. The third-order valence-electron chi connectivity index (χ3n) is 2.39. The van der Waals surface area contributed by atoms with Gasteiger partial charge in [0.2, 0.25) is 0 Å². The number of likely N-dealkylation sites (tertiary alicyclic amines) is 1. The highest BCUT2D eigenvalue weighted by atomic mass is 16.5. The van der Waals surface area contributed by atoms with Gasteiger partial charge in [-0.3, -0.25) is 0 Å². The minimum Gasteiger partial charge on any atom is -0.479 e. The van der Waals surface area contributed by atoms with E-state index in [1.54, 1.807) is 0 Å². The number of aromatic amines is 1. The number of nitrogens with one attached hydrogen (secondary N) is 1. The van der Waals surface area contributed by atoms with Gasteiger partial charge in [0.05, 0.1) is 6.61 Å². The predicted octanol–water partition coefficient (Wildman–Crippen LogP) is 1.49. The van der Waals surface area contributed by atoms with E-state index in [0.717, 1.165) is 18.9 Å². The molecule has 1 fully saturated rings. The van der Waals surface area contributed by atoms with Crippen molar-refractivity contribution in [3.8, 4) is 5.88 Å². The quantitative estimate of drug-likeness (QED) is 0.695. The zero-order chi connectivity index (χ0) is 8.93. The summed E-state index contributed by atoms with van der Waals surface area (Å²) in [6.07, 6.45) is 4.38. The Hall–Kier alpha value is -0.960. The molecule has 1 aromatic heterocycles. The summed E-state index contributed by atoms with van der Waals surface area (Å²) in [4.78, 5) is 5.47. The summed E-state index contributed by atoms with van der Waals surface area (Å²) in [5.74, 6) is 0.878. The van der Waals surface area contributed by atoms with Gasteiger partial charge in [0, 0.05) is 12.7 Å². The van der Waals surface area contributed by atoms with Crippen LogP contribution in [0, 0.1) is 0 Å². The van der Waals surface area contributed by atoms with E-state index in [2.05, 4.69) is 9.88 Å². The molecule has 3 heteroatoms. The Morgan fingerprint density at radius 3 is 3.00 bits per heavy atom. The number of nitrogens with zero attached hydrogens (tertiary/aromatic N) is 1. The fraction of sp³-hybridized carbons (Fsp3) is 0.600. The highest BCUT2D eigenvalue weighted by molar-refractivity contribution is 5.09. The smallest absolute Gasteiger partial charge is 0.190 e. The van der Waals surface area contributed by atoms with Crippen LogP contribution in [0.15, 0.2) is 18.3 Å². The summed E-state index contributed by atoms with van der Waals surface area (Å²) in [5.41, 5.74) is 0. The minimum atomic E-state index is 0.816. The first-order chi connectivity index (χ1) is 6.45. The highest BCUT2D eigenvalue weighted by Crippen LogP contribution is 2.07. The second kappa shape index (κ2) is 4.33. The lowest BCUT2D eigenvalue weighted by Gasteiger charge is -2.30. The molecule has 0 aromatic carbocycles. The van der Waals surface area contributed by atoms with Crippen LogP contribution in [0.25, 0.3) is 0 Å². The third-order valence-corrected chi connectivity index (χ3v) is 2.39. The summed E-state index contributed by atoms with van der Waals surface area (Å²) < 4.78 is 5.48. The molecule has 72 valence electrons. The van der Waals surface area contributed by atoms with Crippen LogP contribution in [0.3, 0.4) is 0 Å². The summed E-state index contributed by atoms with van der Waals surface area (Å²) in [6, 6.07) is 3.90. The fourth-order valence-corrected chi connectivity index (χ4v) is 1.48. The van der Waals surface area contributed by atoms with Crippen molar-refractivity contribution < 1.29 is 4.74 Å². The van der Waals surface area contributed by atoms with Gasteiger partial charge < -0.3 is 14.6 Å². The maximum Gasteiger partial charge on any atom is 0.190 e. The van der Waals surface area contributed by atoms with E-state index < -0.39 is 0 Å². The van der Waals surface area contributed by atoms with Gasteiger partial charge in [-0.1, -0.05) is 0 Å². The van der Waals surface area contributed by atoms with Crippen LogP contribution in [0.5, 0.6) is 5.88 Å². The van der Waals surface area contributed by atoms with Gasteiger partial charge in [-0.05, 0) is 38.1 Å². The molecule has 1 aliphatic rings. The van der Waals surface area contributed by atoms with Gasteiger partial charge in [-0.2, -0.15) is 0 Å². The third kappa shape index (κ3) is 2.49. The molecule has 0 amide bonds. The molecule has 0 bridgehead atoms. The van der Waals surface area contributed by atoms with Crippen molar-refractivity contribution in [1.29, 1.82) is 0 Å². The first-order valence-electron chi connectivity index (χ1n) is 4.94. The molecule has 0 saturated carbocycles. The summed E-state index contributed by atoms with van der Waals surface area (Å²) >= 11 is 0. The van der Waals surface area contributed by atoms with Crippen molar-refractivity contribution in [2.75, 3.05) is 26.2 Å². The second-order valence-electron chi connectivity index (χ2n) is 3.43. The van der Waals surface area contributed by atoms with Crippen LogP contribution in [0.2, 0.25) is 0 Å². The largest absolute Gasteiger partial charge is 0.479 e. The van der Waals surface area contributed by atoms with Gasteiger partial charge in [0.1, 0.15) is 0 Å². The zero-order valence-electron chi connectivity index (χ0n) is 7.83. The number of aromatic nitrogens is 1. The lowest BCUT2D eigenvalue weighted by atomic mass is 10.2. The molecule has 1 aromatic rings. The van der Waals surface area contributed by atoms with E-state index in [-0.39, 0.29) is 0 Å². The Labute approximate surface area is 78.7 Å². The van der Waals surface area contributed by atoms with E-state index in [9.17, 15) is 0 Å². The molecule has 13 heavy (non-hydrogen) atoms. The molecule has 0 unspecified atom stereocenters. The van der Waals surface area contributed by atoms with Crippen LogP contribution in [0.4, 0.5) is 0 Å². The lowest BCUT2D eigenvalue weighted by molar-refractivity contribution is 0.164. The Morgan fingerprint density at radius 1 is 1.46 bits per heavy atom. The molecule has 2 rings (SSSR count). The van der Waals surface area contributed by atoms with Crippen LogP contribution in [0.1, 0.15) is 12.8 Å². The van der Waals surface area contributed by atoms with Gasteiger partial charge in [0.25, 0.3) is 0 Å². The number of hydrogen-bond donors (Lipinski definition) is 1. The lowest BCUT2D eigenvalue weighted by Crippen LogP contribution is -2.38. The molecule has 1 aliphatic heterocycles. The number of ether oxygens (including phenoxy) is 1. The molecule has 1 N–H and O–H groups in total. The molecule has 0 radical (unpaired) electrons. The van der Waals surface area contributed by atoms with Gasteiger partial charge in [-0.25, -0.2) is 0 Å². The van der Waals surface area contributed by atoms with E-state index in [0.29, 0.717) is 0 Å². The Kier molecular flexibility index (Phi) is 2.87. The molecular weight excluding hydrogens is 164 g/mol. The second-order valence-corrected chi connectivity index (χ2v) is 3.43. The Balaban J connectivity index is 1.53. The van der Waals surface area contributed by atoms with Crippen LogP contribution in [-0.4, -0.2) is 36.1 Å². The fourth-order valence-electron chi connectivity index (χ4n) is 1.48. The molecule has 3 nitrogen and oxygen atoms in total. The van der Waals surface area contributed by atoms with Crippen molar-refractivity contribution in [1.82, 2.24) is 9.88 Å². The van der Waals surface area contributed by atoms with E-state index >= 15 is 0 Å². The molecular formula is C10H16N2O. The van der Waals surface area contributed by atoms with Gasteiger partial charge >= 0.3 is 0 Å². The maximum absolute atomic E-state index is 5.48. The van der Waals surface area contributed by atoms with Crippen molar-refractivity contribution in [2.45, 2.75) is 12.8 Å². The topological polar surface area (TPSA) is 28.3 Å². The first kappa shape index (κ1) is 8.63. The number of hydrogen-bond acceptors (Lipinski definition) is 2. The highest BCUT2D eigenvalue weighted by Gasteiger charge is 2.12. The predicted molar refractivity (Wildman–Crippen MR) is 52.0 cm³/mol.